The summed E-state index contributed by atoms with van der Waals surface area (Å²) in [7, 11) is 3.01. The van der Waals surface area contributed by atoms with Crippen molar-refractivity contribution < 1.29 is 23.9 Å². The number of ether oxygens (including phenoxy) is 1. The second kappa shape index (κ2) is 11.8. The summed E-state index contributed by atoms with van der Waals surface area (Å²) in [5, 5.41) is 2.99. The van der Waals surface area contributed by atoms with Crippen LogP contribution in [-0.4, -0.2) is 55.8 Å². The quantitative estimate of drug-likeness (QED) is 0.480. The minimum absolute atomic E-state index is 0.0344. The molecule has 35 heavy (non-hydrogen) atoms. The molecule has 0 bridgehead atoms. The summed E-state index contributed by atoms with van der Waals surface area (Å²) in [4.78, 5) is 52.9. The Bertz CT molecular complexity index is 1230. The van der Waals surface area contributed by atoms with E-state index in [1.54, 1.807) is 67.7 Å². The molecule has 9 heteroatoms. The van der Waals surface area contributed by atoms with E-state index in [-0.39, 0.29) is 17.7 Å². The molecule has 0 radical (unpaired) electrons. The van der Waals surface area contributed by atoms with E-state index < -0.39 is 30.3 Å². The van der Waals surface area contributed by atoms with Crippen molar-refractivity contribution in [3.63, 3.8) is 0 Å². The summed E-state index contributed by atoms with van der Waals surface area (Å²) in [6.45, 7) is -0.857. The molecule has 0 unspecified atom stereocenters. The van der Waals surface area contributed by atoms with Gasteiger partial charge in [-0.05, 0) is 36.4 Å². The Morgan fingerprint density at radius 2 is 1.43 bits per heavy atom. The van der Waals surface area contributed by atoms with Crippen molar-refractivity contribution in [1.82, 2.24) is 4.90 Å². The summed E-state index contributed by atoms with van der Waals surface area (Å²) >= 11 is 6.02. The monoisotopic (exact) mass is 493 g/mol. The van der Waals surface area contributed by atoms with E-state index in [1.807, 2.05) is 6.07 Å². The third-order valence-electron chi connectivity index (χ3n) is 5.11. The standard InChI is InChI=1S/C26H24ClN3O5/c1-29(16-23(31)28-22-15-9-8-14-21(22)27)24(32)17-35-26(34)20-13-7-6-12-19(20)25(33)30(2)18-10-4-3-5-11-18/h3-15H,16-17H2,1-2H3,(H,28,31). The Morgan fingerprint density at radius 3 is 2.11 bits per heavy atom. The van der Waals surface area contributed by atoms with E-state index in [0.717, 1.165) is 4.90 Å². The molecule has 0 fully saturated rings. The molecule has 0 atom stereocenters. The maximum atomic E-state index is 13.0. The number of carbonyl (C=O) groups excluding carboxylic acids is 4. The number of esters is 1. The second-order valence-electron chi connectivity index (χ2n) is 7.60. The van der Waals surface area contributed by atoms with E-state index >= 15 is 0 Å². The number of rotatable bonds is 8. The zero-order valence-corrected chi connectivity index (χ0v) is 20.0. The van der Waals surface area contributed by atoms with Gasteiger partial charge in [0, 0.05) is 19.8 Å². The van der Waals surface area contributed by atoms with Crippen molar-refractivity contribution in [1.29, 1.82) is 0 Å². The smallest absolute Gasteiger partial charge is 0.339 e. The van der Waals surface area contributed by atoms with Gasteiger partial charge in [0.1, 0.15) is 0 Å². The maximum absolute atomic E-state index is 13.0. The van der Waals surface area contributed by atoms with Crippen molar-refractivity contribution in [3.8, 4) is 0 Å². The van der Waals surface area contributed by atoms with Gasteiger partial charge in [-0.2, -0.15) is 0 Å². The van der Waals surface area contributed by atoms with Gasteiger partial charge in [-0.15, -0.1) is 0 Å². The first-order valence-electron chi connectivity index (χ1n) is 10.7. The van der Waals surface area contributed by atoms with Gasteiger partial charge in [0.2, 0.25) is 5.91 Å². The van der Waals surface area contributed by atoms with Crippen molar-refractivity contribution in [3.05, 3.63) is 95.0 Å². The van der Waals surface area contributed by atoms with Gasteiger partial charge in [-0.1, -0.05) is 54.1 Å². The van der Waals surface area contributed by atoms with Crippen molar-refractivity contribution in [2.75, 3.05) is 37.5 Å². The number of nitrogens with one attached hydrogen (secondary N) is 1. The average molecular weight is 494 g/mol. The molecular weight excluding hydrogens is 470 g/mol. The summed E-state index contributed by atoms with van der Waals surface area (Å²) in [5.41, 5.74) is 1.26. The minimum atomic E-state index is -0.822. The number of hydrogen-bond donors (Lipinski definition) is 1. The first-order chi connectivity index (χ1) is 16.8. The van der Waals surface area contributed by atoms with Crippen molar-refractivity contribution >= 4 is 46.7 Å². The van der Waals surface area contributed by atoms with E-state index in [9.17, 15) is 19.2 Å². The lowest BCUT2D eigenvalue weighted by Gasteiger charge is -2.19. The van der Waals surface area contributed by atoms with Gasteiger partial charge in [0.05, 0.1) is 28.4 Å². The Kier molecular flexibility index (Phi) is 8.58. The number of halogens is 1. The van der Waals surface area contributed by atoms with Gasteiger partial charge in [0.25, 0.3) is 11.8 Å². The highest BCUT2D eigenvalue weighted by atomic mass is 35.5. The van der Waals surface area contributed by atoms with Crippen LogP contribution in [0.5, 0.6) is 0 Å². The summed E-state index contributed by atoms with van der Waals surface area (Å²) in [6, 6.07) is 21.9. The van der Waals surface area contributed by atoms with E-state index in [1.165, 1.54) is 24.1 Å². The number of nitrogens with zero attached hydrogens (tertiary/aromatic N) is 2. The van der Waals surface area contributed by atoms with Crippen LogP contribution in [0.1, 0.15) is 20.7 Å². The number of para-hydroxylation sites is 2. The summed E-state index contributed by atoms with van der Waals surface area (Å²) in [6.07, 6.45) is 0. The molecular formula is C26H24ClN3O5. The van der Waals surface area contributed by atoms with Crippen LogP contribution in [0.3, 0.4) is 0 Å². The number of benzene rings is 3. The lowest BCUT2D eigenvalue weighted by atomic mass is 10.1. The van der Waals surface area contributed by atoms with Gasteiger partial charge in [-0.3, -0.25) is 14.4 Å². The highest BCUT2D eigenvalue weighted by Gasteiger charge is 2.23. The Morgan fingerprint density at radius 1 is 0.829 bits per heavy atom. The van der Waals surface area contributed by atoms with E-state index in [4.69, 9.17) is 16.3 Å². The normalized spacial score (nSPS) is 10.3. The number of carbonyl (C=O) groups is 4. The molecule has 0 aromatic heterocycles. The van der Waals surface area contributed by atoms with Gasteiger partial charge in [-0.25, -0.2) is 4.79 Å². The molecule has 0 saturated carbocycles. The Hall–Kier alpha value is -4.17. The predicted molar refractivity (Wildman–Crippen MR) is 134 cm³/mol. The van der Waals surface area contributed by atoms with E-state index in [0.29, 0.717) is 16.4 Å². The summed E-state index contributed by atoms with van der Waals surface area (Å²) in [5.74, 6) is -2.26. The largest absolute Gasteiger partial charge is 0.452 e. The highest BCUT2D eigenvalue weighted by molar-refractivity contribution is 6.33. The zero-order chi connectivity index (χ0) is 25.4. The highest BCUT2D eigenvalue weighted by Crippen LogP contribution is 2.20. The van der Waals surface area contributed by atoms with Crippen LogP contribution in [0, 0.1) is 0 Å². The number of anilines is 2. The fraction of sp³-hybridized carbons (Fsp3) is 0.154. The van der Waals surface area contributed by atoms with Crippen LogP contribution in [0.15, 0.2) is 78.9 Å². The van der Waals surface area contributed by atoms with Crippen LogP contribution in [-0.2, 0) is 14.3 Å². The molecule has 3 aromatic rings. The minimum Gasteiger partial charge on any atom is -0.452 e. The molecule has 3 rings (SSSR count). The van der Waals surface area contributed by atoms with Gasteiger partial charge < -0.3 is 19.9 Å². The third kappa shape index (κ3) is 6.68. The molecule has 8 nitrogen and oxygen atoms in total. The SMILES string of the molecule is CN(CC(=O)Nc1ccccc1Cl)C(=O)COC(=O)c1ccccc1C(=O)N(C)c1ccccc1. The topological polar surface area (TPSA) is 96.0 Å². The molecule has 3 aromatic carbocycles. The molecule has 0 heterocycles. The molecule has 0 aliphatic rings. The molecule has 0 spiro atoms. The third-order valence-corrected chi connectivity index (χ3v) is 5.44. The number of amides is 3. The fourth-order valence-electron chi connectivity index (χ4n) is 3.17. The Labute approximate surface area is 208 Å². The van der Waals surface area contributed by atoms with Crippen LogP contribution in [0.4, 0.5) is 11.4 Å². The Balaban J connectivity index is 1.59. The first kappa shape index (κ1) is 25.5. The first-order valence-corrected chi connectivity index (χ1v) is 11.0. The lowest BCUT2D eigenvalue weighted by molar-refractivity contribution is -0.136. The van der Waals surface area contributed by atoms with Crippen LogP contribution < -0.4 is 10.2 Å². The second-order valence-corrected chi connectivity index (χ2v) is 8.01. The predicted octanol–water partition coefficient (Wildman–Crippen LogP) is 3.87. The molecule has 0 aliphatic heterocycles. The maximum Gasteiger partial charge on any atom is 0.339 e. The van der Waals surface area contributed by atoms with Gasteiger partial charge in [0.15, 0.2) is 6.61 Å². The molecule has 1 N–H and O–H groups in total. The number of likely N-dealkylation sites (N-methyl/N-ethyl adjacent to an activating group) is 1. The molecule has 180 valence electrons. The van der Waals surface area contributed by atoms with Crippen LogP contribution in [0.2, 0.25) is 5.02 Å². The van der Waals surface area contributed by atoms with Gasteiger partial charge >= 0.3 is 5.97 Å². The van der Waals surface area contributed by atoms with E-state index in [2.05, 4.69) is 5.32 Å². The van der Waals surface area contributed by atoms with Crippen LogP contribution >= 0.6 is 11.6 Å². The number of hydrogen-bond acceptors (Lipinski definition) is 5. The molecule has 0 aliphatic carbocycles. The molecule has 0 saturated heterocycles. The molecule has 3 amide bonds. The van der Waals surface area contributed by atoms with Crippen molar-refractivity contribution in [2.24, 2.45) is 0 Å². The fourth-order valence-corrected chi connectivity index (χ4v) is 3.35. The lowest BCUT2D eigenvalue weighted by Crippen LogP contribution is -2.37. The average Bonchev–Trinajstić information content (AvgIpc) is 2.88. The summed E-state index contributed by atoms with van der Waals surface area (Å²) < 4.78 is 5.15. The van der Waals surface area contributed by atoms with Crippen molar-refractivity contribution in [2.45, 2.75) is 0 Å². The van der Waals surface area contributed by atoms with Crippen LogP contribution in [0.25, 0.3) is 0 Å². The zero-order valence-electron chi connectivity index (χ0n) is 19.2.